The Morgan fingerprint density at radius 3 is 2.46 bits per heavy atom. The highest BCUT2D eigenvalue weighted by molar-refractivity contribution is 7.15. The Labute approximate surface area is 173 Å². The van der Waals surface area contributed by atoms with Gasteiger partial charge in [-0.25, -0.2) is 4.98 Å². The number of ether oxygens (including phenoxy) is 1. The number of nitrogens with zero attached hydrogens (tertiary/aromatic N) is 1. The third-order valence-corrected chi connectivity index (χ3v) is 5.41. The zero-order chi connectivity index (χ0) is 19.2. The first-order chi connectivity index (χ1) is 13.8. The van der Waals surface area contributed by atoms with Crippen molar-refractivity contribution in [1.29, 1.82) is 0 Å². The number of thiazole rings is 1. The molecule has 4 rings (SSSR count). The van der Waals surface area contributed by atoms with Crippen LogP contribution in [0.4, 0.5) is 5.69 Å². The fourth-order valence-electron chi connectivity index (χ4n) is 2.85. The molecule has 1 heterocycles. The van der Waals surface area contributed by atoms with Gasteiger partial charge in [0.05, 0.1) is 6.54 Å². The van der Waals surface area contributed by atoms with Gasteiger partial charge in [-0.1, -0.05) is 66.2 Å². The summed E-state index contributed by atoms with van der Waals surface area (Å²) in [5, 5.41) is 3.42. The van der Waals surface area contributed by atoms with E-state index in [0.29, 0.717) is 17.6 Å². The second-order valence-corrected chi connectivity index (χ2v) is 8.01. The van der Waals surface area contributed by atoms with Crippen molar-refractivity contribution in [2.45, 2.75) is 13.2 Å². The lowest BCUT2D eigenvalue weighted by Crippen LogP contribution is -1.97. The first-order valence-corrected chi connectivity index (χ1v) is 10.2. The topological polar surface area (TPSA) is 34.2 Å². The molecule has 3 nitrogen and oxygen atoms in total. The van der Waals surface area contributed by atoms with Gasteiger partial charge in [0.25, 0.3) is 0 Å². The maximum atomic E-state index is 5.89. The van der Waals surface area contributed by atoms with Gasteiger partial charge >= 0.3 is 0 Å². The summed E-state index contributed by atoms with van der Waals surface area (Å²) in [6.45, 7) is 1.28. The summed E-state index contributed by atoms with van der Waals surface area (Å²) in [6.07, 6.45) is 1.80. The van der Waals surface area contributed by atoms with E-state index in [1.807, 2.05) is 30.3 Å². The third kappa shape index (κ3) is 4.91. The van der Waals surface area contributed by atoms with Gasteiger partial charge in [0, 0.05) is 16.8 Å². The Hall–Kier alpha value is -2.82. The van der Waals surface area contributed by atoms with Crippen molar-refractivity contribution in [3.8, 4) is 16.9 Å². The Bertz CT molecular complexity index is 1030. The fraction of sp³-hybridized carbons (Fsp3) is 0.0870. The first-order valence-electron chi connectivity index (χ1n) is 8.97. The van der Waals surface area contributed by atoms with Crippen LogP contribution >= 0.6 is 22.9 Å². The van der Waals surface area contributed by atoms with Crippen molar-refractivity contribution in [1.82, 2.24) is 4.98 Å². The standard InChI is InChI=1S/C23H19ClN2OS/c24-23-26-15-22(28-23)14-25-20-8-4-7-19(13-20)18-9-11-21(12-10-18)27-16-17-5-2-1-3-6-17/h1-13,15,25H,14,16H2. The molecule has 0 radical (unpaired) electrons. The molecule has 1 N–H and O–H groups in total. The highest BCUT2D eigenvalue weighted by Crippen LogP contribution is 2.26. The lowest BCUT2D eigenvalue weighted by Gasteiger charge is -2.09. The Morgan fingerprint density at radius 2 is 1.71 bits per heavy atom. The van der Waals surface area contributed by atoms with Gasteiger partial charge in [-0.2, -0.15) is 0 Å². The van der Waals surface area contributed by atoms with E-state index in [9.17, 15) is 0 Å². The van der Waals surface area contributed by atoms with Gasteiger partial charge in [0.15, 0.2) is 4.47 Å². The molecular weight excluding hydrogens is 388 g/mol. The molecule has 0 fully saturated rings. The smallest absolute Gasteiger partial charge is 0.183 e. The molecule has 5 heteroatoms. The van der Waals surface area contributed by atoms with E-state index in [2.05, 4.69) is 58.8 Å². The van der Waals surface area contributed by atoms with E-state index in [4.69, 9.17) is 16.3 Å². The first kappa shape index (κ1) is 18.5. The average Bonchev–Trinajstić information content (AvgIpc) is 3.17. The summed E-state index contributed by atoms with van der Waals surface area (Å²) in [7, 11) is 0. The van der Waals surface area contributed by atoms with Gasteiger partial charge in [-0.05, 0) is 41.0 Å². The minimum Gasteiger partial charge on any atom is -0.489 e. The monoisotopic (exact) mass is 406 g/mol. The second-order valence-electron chi connectivity index (χ2n) is 6.31. The van der Waals surface area contributed by atoms with Crippen molar-refractivity contribution in [2.24, 2.45) is 0 Å². The molecule has 0 unspecified atom stereocenters. The van der Waals surface area contributed by atoms with E-state index in [1.165, 1.54) is 11.3 Å². The molecular formula is C23H19ClN2OS. The summed E-state index contributed by atoms with van der Waals surface area (Å²) >= 11 is 7.38. The SMILES string of the molecule is Clc1ncc(CNc2cccc(-c3ccc(OCc4ccccc4)cc3)c2)s1. The van der Waals surface area contributed by atoms with Gasteiger partial charge in [-0.3, -0.25) is 0 Å². The van der Waals surface area contributed by atoms with E-state index >= 15 is 0 Å². The summed E-state index contributed by atoms with van der Waals surface area (Å²) in [4.78, 5) is 5.18. The van der Waals surface area contributed by atoms with Gasteiger partial charge in [0.2, 0.25) is 0 Å². The molecule has 28 heavy (non-hydrogen) atoms. The maximum Gasteiger partial charge on any atom is 0.183 e. The van der Waals surface area contributed by atoms with Crippen LogP contribution in [0.3, 0.4) is 0 Å². The quantitative estimate of drug-likeness (QED) is 0.373. The summed E-state index contributed by atoms with van der Waals surface area (Å²) in [5.41, 5.74) is 4.53. The number of hydrogen-bond donors (Lipinski definition) is 1. The lowest BCUT2D eigenvalue weighted by atomic mass is 10.0. The van der Waals surface area contributed by atoms with E-state index in [-0.39, 0.29) is 0 Å². The Balaban J connectivity index is 1.39. The molecule has 1 aromatic heterocycles. The van der Waals surface area contributed by atoms with E-state index in [1.54, 1.807) is 6.20 Å². The van der Waals surface area contributed by atoms with Crippen LogP contribution in [0.2, 0.25) is 4.47 Å². The van der Waals surface area contributed by atoms with Crippen LogP contribution in [0.15, 0.2) is 85.1 Å². The van der Waals surface area contributed by atoms with Crippen molar-refractivity contribution in [3.05, 3.63) is 100.0 Å². The number of halogens is 1. The van der Waals surface area contributed by atoms with Gasteiger partial charge in [-0.15, -0.1) is 11.3 Å². The summed E-state index contributed by atoms with van der Waals surface area (Å²) < 4.78 is 6.44. The summed E-state index contributed by atoms with van der Waals surface area (Å²) in [5.74, 6) is 0.865. The molecule has 0 saturated heterocycles. The van der Waals surface area contributed by atoms with Crippen molar-refractivity contribution in [3.63, 3.8) is 0 Å². The number of anilines is 1. The second kappa shape index (κ2) is 8.91. The minimum atomic E-state index is 0.570. The zero-order valence-electron chi connectivity index (χ0n) is 15.1. The molecule has 0 spiro atoms. The van der Waals surface area contributed by atoms with Crippen LogP contribution in [-0.2, 0) is 13.2 Å². The van der Waals surface area contributed by atoms with Crippen LogP contribution in [0.1, 0.15) is 10.4 Å². The molecule has 0 aliphatic heterocycles. The molecule has 0 amide bonds. The van der Waals surface area contributed by atoms with Crippen LogP contribution in [-0.4, -0.2) is 4.98 Å². The molecule has 0 bridgehead atoms. The summed E-state index contributed by atoms with van der Waals surface area (Å²) in [6, 6.07) is 26.7. The van der Waals surface area contributed by atoms with Crippen LogP contribution in [0, 0.1) is 0 Å². The van der Waals surface area contributed by atoms with Crippen molar-refractivity contribution >= 4 is 28.6 Å². The molecule has 0 aliphatic rings. The normalized spacial score (nSPS) is 10.6. The average molecular weight is 407 g/mol. The molecule has 0 atom stereocenters. The lowest BCUT2D eigenvalue weighted by molar-refractivity contribution is 0.306. The number of aromatic nitrogens is 1. The number of nitrogens with one attached hydrogen (secondary N) is 1. The maximum absolute atomic E-state index is 5.89. The van der Waals surface area contributed by atoms with Crippen molar-refractivity contribution < 1.29 is 4.74 Å². The number of rotatable bonds is 7. The van der Waals surface area contributed by atoms with Crippen LogP contribution in [0.25, 0.3) is 11.1 Å². The fourth-order valence-corrected chi connectivity index (χ4v) is 3.77. The molecule has 0 saturated carbocycles. The Morgan fingerprint density at radius 1 is 0.893 bits per heavy atom. The minimum absolute atomic E-state index is 0.570. The molecule has 0 aliphatic carbocycles. The van der Waals surface area contributed by atoms with E-state index in [0.717, 1.165) is 33.0 Å². The van der Waals surface area contributed by atoms with Gasteiger partial charge < -0.3 is 10.1 Å². The highest BCUT2D eigenvalue weighted by atomic mass is 35.5. The van der Waals surface area contributed by atoms with Crippen LogP contribution in [0.5, 0.6) is 5.75 Å². The molecule has 140 valence electrons. The largest absolute Gasteiger partial charge is 0.489 e. The van der Waals surface area contributed by atoms with Crippen LogP contribution < -0.4 is 10.1 Å². The Kier molecular flexibility index (Phi) is 5.90. The number of hydrogen-bond acceptors (Lipinski definition) is 4. The predicted octanol–water partition coefficient (Wildman–Crippen LogP) is 6.65. The van der Waals surface area contributed by atoms with Crippen molar-refractivity contribution in [2.75, 3.05) is 5.32 Å². The molecule has 4 aromatic rings. The number of benzene rings is 3. The molecule has 3 aromatic carbocycles. The van der Waals surface area contributed by atoms with E-state index < -0.39 is 0 Å². The third-order valence-electron chi connectivity index (χ3n) is 4.29. The predicted molar refractivity (Wildman–Crippen MR) is 117 cm³/mol. The van der Waals surface area contributed by atoms with Gasteiger partial charge in [0.1, 0.15) is 12.4 Å². The highest BCUT2D eigenvalue weighted by Gasteiger charge is 2.03. The zero-order valence-corrected chi connectivity index (χ0v) is 16.7.